The van der Waals surface area contributed by atoms with Crippen LogP contribution in [0.5, 0.6) is 0 Å². The normalized spacial score (nSPS) is 24.2. The van der Waals surface area contributed by atoms with Crippen molar-refractivity contribution in [3.8, 4) is 0 Å². The van der Waals surface area contributed by atoms with Gasteiger partial charge in [-0.15, -0.1) is 0 Å². The van der Waals surface area contributed by atoms with Gasteiger partial charge in [0.25, 0.3) is 5.91 Å². The maximum atomic E-state index is 12.4. The fraction of sp³-hybridized carbons (Fsp3) is 0.733. The van der Waals surface area contributed by atoms with Gasteiger partial charge in [-0.05, 0) is 32.7 Å². The monoisotopic (exact) mass is 293 g/mol. The Morgan fingerprint density at radius 1 is 1.33 bits per heavy atom. The Kier molecular flexibility index (Phi) is 4.55. The van der Waals surface area contributed by atoms with Crippen LogP contribution < -0.4 is 0 Å². The third-order valence-electron chi connectivity index (χ3n) is 4.20. The molecule has 1 atom stereocenters. The summed E-state index contributed by atoms with van der Waals surface area (Å²) in [6.07, 6.45) is 3.71. The number of hydrogen-bond donors (Lipinski definition) is 0. The highest BCUT2D eigenvalue weighted by Gasteiger charge is 2.25. The maximum Gasteiger partial charge on any atom is 0.292 e. The number of rotatable bonds is 3. The first-order chi connectivity index (χ1) is 10.2. The van der Waals surface area contributed by atoms with Crippen molar-refractivity contribution in [3.05, 3.63) is 17.5 Å². The van der Waals surface area contributed by atoms with Crippen molar-refractivity contribution < 1.29 is 14.1 Å². The van der Waals surface area contributed by atoms with E-state index in [0.717, 1.165) is 57.9 Å². The second-order valence-corrected chi connectivity index (χ2v) is 5.91. The third kappa shape index (κ3) is 3.63. The molecule has 116 valence electrons. The van der Waals surface area contributed by atoms with Crippen molar-refractivity contribution in [2.75, 3.05) is 39.3 Å². The third-order valence-corrected chi connectivity index (χ3v) is 4.20. The summed E-state index contributed by atoms with van der Waals surface area (Å²) in [5.74, 6) is 0.301. The van der Waals surface area contributed by atoms with Gasteiger partial charge in [0.15, 0.2) is 0 Å². The summed E-state index contributed by atoms with van der Waals surface area (Å²) in [4.78, 5) is 16.6. The lowest BCUT2D eigenvalue weighted by Gasteiger charge is -2.23. The van der Waals surface area contributed by atoms with Crippen LogP contribution in [0.15, 0.2) is 10.6 Å². The van der Waals surface area contributed by atoms with Gasteiger partial charge in [0.2, 0.25) is 5.76 Å². The SMILES string of the molecule is Cc1cc(C(=O)N2CCCN(C[C@H]3CCCO3)CC2)on1. The minimum absolute atomic E-state index is 0.0467. The Hall–Kier alpha value is -1.40. The van der Waals surface area contributed by atoms with E-state index in [2.05, 4.69) is 10.1 Å². The van der Waals surface area contributed by atoms with Gasteiger partial charge >= 0.3 is 0 Å². The van der Waals surface area contributed by atoms with Gasteiger partial charge in [-0.25, -0.2) is 0 Å². The molecule has 0 spiro atoms. The molecule has 0 aromatic carbocycles. The molecule has 1 amide bonds. The molecule has 3 heterocycles. The Labute approximate surface area is 125 Å². The second-order valence-electron chi connectivity index (χ2n) is 5.91. The van der Waals surface area contributed by atoms with Gasteiger partial charge in [0.1, 0.15) is 0 Å². The van der Waals surface area contributed by atoms with Crippen LogP contribution in [-0.4, -0.2) is 66.3 Å². The van der Waals surface area contributed by atoms with Gasteiger partial charge in [0, 0.05) is 38.9 Å². The molecule has 2 fully saturated rings. The van der Waals surface area contributed by atoms with Crippen molar-refractivity contribution in [3.63, 3.8) is 0 Å². The first kappa shape index (κ1) is 14.5. The summed E-state index contributed by atoms with van der Waals surface area (Å²) in [5.41, 5.74) is 0.744. The van der Waals surface area contributed by atoms with Crippen LogP contribution in [-0.2, 0) is 4.74 Å². The molecule has 0 unspecified atom stereocenters. The lowest BCUT2D eigenvalue weighted by molar-refractivity contribution is 0.0681. The van der Waals surface area contributed by atoms with E-state index in [9.17, 15) is 4.79 Å². The fourth-order valence-electron chi connectivity index (χ4n) is 3.05. The highest BCUT2D eigenvalue weighted by Crippen LogP contribution is 2.15. The topological polar surface area (TPSA) is 58.8 Å². The van der Waals surface area contributed by atoms with E-state index in [4.69, 9.17) is 9.26 Å². The van der Waals surface area contributed by atoms with Gasteiger partial charge in [-0.1, -0.05) is 5.16 Å². The highest BCUT2D eigenvalue weighted by molar-refractivity contribution is 5.91. The number of nitrogens with zero attached hydrogens (tertiary/aromatic N) is 3. The molecule has 0 radical (unpaired) electrons. The van der Waals surface area contributed by atoms with Crippen molar-refractivity contribution >= 4 is 5.91 Å². The summed E-state index contributed by atoms with van der Waals surface area (Å²) >= 11 is 0. The van der Waals surface area contributed by atoms with E-state index in [1.165, 1.54) is 6.42 Å². The lowest BCUT2D eigenvalue weighted by Crippen LogP contribution is -2.37. The number of hydrogen-bond acceptors (Lipinski definition) is 5. The molecular formula is C15H23N3O3. The molecule has 3 rings (SSSR count). The second kappa shape index (κ2) is 6.58. The van der Waals surface area contributed by atoms with Crippen LogP contribution in [0.3, 0.4) is 0 Å². The van der Waals surface area contributed by atoms with Crippen LogP contribution in [0.2, 0.25) is 0 Å². The summed E-state index contributed by atoms with van der Waals surface area (Å²) in [6, 6.07) is 1.71. The summed E-state index contributed by atoms with van der Waals surface area (Å²) in [5, 5.41) is 3.79. The zero-order valence-electron chi connectivity index (χ0n) is 12.6. The molecule has 0 aliphatic carbocycles. The van der Waals surface area contributed by atoms with Crippen LogP contribution in [0.4, 0.5) is 0 Å². The van der Waals surface area contributed by atoms with Crippen molar-refractivity contribution in [2.24, 2.45) is 0 Å². The van der Waals surface area contributed by atoms with Gasteiger partial charge in [0.05, 0.1) is 11.8 Å². The first-order valence-electron chi connectivity index (χ1n) is 7.79. The number of carbonyl (C=O) groups excluding carboxylic acids is 1. The molecule has 2 aliphatic heterocycles. The van der Waals surface area contributed by atoms with Crippen molar-refractivity contribution in [2.45, 2.75) is 32.3 Å². The number of ether oxygens (including phenoxy) is 1. The van der Waals surface area contributed by atoms with Crippen LogP contribution in [0.1, 0.15) is 35.5 Å². The van der Waals surface area contributed by atoms with Gasteiger partial charge in [-0.2, -0.15) is 0 Å². The van der Waals surface area contributed by atoms with E-state index < -0.39 is 0 Å². The molecule has 2 aliphatic rings. The van der Waals surface area contributed by atoms with Crippen LogP contribution in [0.25, 0.3) is 0 Å². The first-order valence-corrected chi connectivity index (χ1v) is 7.79. The van der Waals surface area contributed by atoms with Gasteiger partial charge < -0.3 is 14.2 Å². The summed E-state index contributed by atoms with van der Waals surface area (Å²) < 4.78 is 10.8. The quantitative estimate of drug-likeness (QED) is 0.841. The number of aryl methyl sites for hydroxylation is 1. The molecule has 1 aromatic rings. The molecule has 0 N–H and O–H groups in total. The van der Waals surface area contributed by atoms with Crippen LogP contribution >= 0.6 is 0 Å². The summed E-state index contributed by atoms with van der Waals surface area (Å²) in [7, 11) is 0. The zero-order valence-corrected chi connectivity index (χ0v) is 12.6. The Bertz CT molecular complexity index is 482. The average molecular weight is 293 g/mol. The molecular weight excluding hydrogens is 270 g/mol. The van der Waals surface area contributed by atoms with E-state index in [1.54, 1.807) is 6.07 Å². The Morgan fingerprint density at radius 2 is 2.24 bits per heavy atom. The molecule has 2 saturated heterocycles. The van der Waals surface area contributed by atoms with Crippen molar-refractivity contribution in [1.29, 1.82) is 0 Å². The smallest absolute Gasteiger partial charge is 0.292 e. The highest BCUT2D eigenvalue weighted by atomic mass is 16.5. The predicted molar refractivity (Wildman–Crippen MR) is 77.2 cm³/mol. The molecule has 0 bridgehead atoms. The standard InChI is InChI=1S/C15H23N3O3/c1-12-10-14(21-16-12)15(19)18-6-3-5-17(7-8-18)11-13-4-2-9-20-13/h10,13H,2-9,11H2,1H3/t13-/m1/s1. The molecule has 21 heavy (non-hydrogen) atoms. The maximum absolute atomic E-state index is 12.4. The Morgan fingerprint density at radius 3 is 2.95 bits per heavy atom. The van der Waals surface area contributed by atoms with E-state index >= 15 is 0 Å². The molecule has 6 heteroatoms. The lowest BCUT2D eigenvalue weighted by atomic mass is 10.2. The molecule has 1 aromatic heterocycles. The minimum Gasteiger partial charge on any atom is -0.377 e. The number of amides is 1. The molecule has 6 nitrogen and oxygen atoms in total. The Balaban J connectivity index is 1.53. The number of carbonyl (C=O) groups is 1. The van der Waals surface area contributed by atoms with Gasteiger partial charge in [-0.3, -0.25) is 9.69 Å². The predicted octanol–water partition coefficient (Wildman–Crippen LogP) is 1.31. The molecule has 0 saturated carbocycles. The largest absolute Gasteiger partial charge is 0.377 e. The van der Waals surface area contributed by atoms with E-state index in [-0.39, 0.29) is 5.91 Å². The minimum atomic E-state index is -0.0467. The number of aromatic nitrogens is 1. The van der Waals surface area contributed by atoms with Crippen LogP contribution in [0, 0.1) is 6.92 Å². The zero-order chi connectivity index (χ0) is 14.7. The van der Waals surface area contributed by atoms with Crippen molar-refractivity contribution in [1.82, 2.24) is 15.0 Å². The fourth-order valence-corrected chi connectivity index (χ4v) is 3.05. The van der Waals surface area contributed by atoms with E-state index in [0.29, 0.717) is 11.9 Å². The summed E-state index contributed by atoms with van der Waals surface area (Å²) in [6.45, 7) is 7.16. The van der Waals surface area contributed by atoms with E-state index in [1.807, 2.05) is 11.8 Å². The average Bonchev–Trinajstić information content (AvgIpc) is 3.07.